The molecule has 2 unspecified atom stereocenters. The summed E-state index contributed by atoms with van der Waals surface area (Å²) in [5, 5.41) is 59.1. The van der Waals surface area contributed by atoms with E-state index in [1.165, 1.54) is 13.0 Å². The first-order valence-corrected chi connectivity index (χ1v) is 14.6. The molecule has 0 aromatic heterocycles. The molecule has 2 saturated carbocycles. The van der Waals surface area contributed by atoms with Crippen LogP contribution < -0.4 is 5.73 Å². The number of aliphatic hydroxyl groups excluding tert-OH is 3. The van der Waals surface area contributed by atoms with Gasteiger partial charge in [0.15, 0.2) is 17.2 Å². The zero-order valence-corrected chi connectivity index (χ0v) is 24.9. The van der Waals surface area contributed by atoms with Crippen LogP contribution in [0.5, 0.6) is 5.75 Å². The number of aromatic hydroxyl groups is 1. The van der Waals surface area contributed by atoms with Crippen molar-refractivity contribution in [2.45, 2.75) is 63.9 Å². The number of halogens is 1. The normalized spacial score (nSPS) is 40.1. The van der Waals surface area contributed by atoms with Gasteiger partial charge in [-0.1, -0.05) is 67.9 Å². The van der Waals surface area contributed by atoms with Crippen molar-refractivity contribution < 1.29 is 39.9 Å². The van der Waals surface area contributed by atoms with Gasteiger partial charge in [0.2, 0.25) is 5.91 Å². The predicted molar refractivity (Wildman–Crippen MR) is 152 cm³/mol. The fourth-order valence-corrected chi connectivity index (χ4v) is 9.00. The van der Waals surface area contributed by atoms with E-state index in [4.69, 9.17) is 5.73 Å². The van der Waals surface area contributed by atoms with Gasteiger partial charge in [-0.2, -0.15) is 0 Å². The predicted octanol–water partition coefficient (Wildman–Crippen LogP) is 2.09. The van der Waals surface area contributed by atoms with Crippen molar-refractivity contribution in [1.82, 2.24) is 0 Å². The fraction of sp³-hybridized carbons (Fsp3) is 0.516. The molecule has 9 nitrogen and oxygen atoms in total. The minimum Gasteiger partial charge on any atom is -0.507 e. The molecule has 1 amide bonds. The van der Waals surface area contributed by atoms with E-state index >= 15 is 0 Å². The van der Waals surface area contributed by atoms with Gasteiger partial charge in [-0.25, -0.2) is 0 Å². The highest BCUT2D eigenvalue weighted by molar-refractivity contribution is 9.10. The van der Waals surface area contributed by atoms with Crippen LogP contribution in [0, 0.1) is 34.5 Å². The quantitative estimate of drug-likeness (QED) is 0.278. The highest BCUT2D eigenvalue weighted by atomic mass is 79.9. The van der Waals surface area contributed by atoms with Gasteiger partial charge in [-0.15, -0.1) is 0 Å². The lowest BCUT2D eigenvalue weighted by Crippen LogP contribution is -2.83. The van der Waals surface area contributed by atoms with E-state index in [9.17, 15) is 39.9 Å². The third-order valence-corrected chi connectivity index (χ3v) is 11.1. The van der Waals surface area contributed by atoms with Crippen LogP contribution in [0.4, 0.5) is 0 Å². The lowest BCUT2D eigenvalue weighted by molar-refractivity contribution is -0.307. The molecule has 2 aromatic rings. The smallest absolute Gasteiger partial charge is 0.230 e. The Morgan fingerprint density at radius 2 is 1.66 bits per heavy atom. The molecule has 5 rings (SSSR count). The number of Topliss-reactive ketones (excluding diaryl/α,β-unsaturated/α-hetero) is 2. The molecule has 2 fully saturated rings. The third-order valence-electron chi connectivity index (χ3n) is 10.6. The Balaban J connectivity index is 1.81. The minimum absolute atomic E-state index is 0.0503. The van der Waals surface area contributed by atoms with Crippen LogP contribution in [0.1, 0.15) is 55.1 Å². The Morgan fingerprint density at radius 1 is 1.05 bits per heavy atom. The van der Waals surface area contributed by atoms with Gasteiger partial charge in [-0.3, -0.25) is 14.4 Å². The molecule has 0 spiro atoms. The topological polar surface area (TPSA) is 178 Å². The lowest BCUT2D eigenvalue weighted by atomic mass is 9.36. The Hall–Kier alpha value is -2.63. The Labute approximate surface area is 246 Å². The lowest BCUT2D eigenvalue weighted by Gasteiger charge is -2.69. The number of phenolic OH excluding ortho intramolecular Hbond substituents is 1. The first-order valence-electron chi connectivity index (χ1n) is 13.8. The van der Waals surface area contributed by atoms with Crippen LogP contribution in [-0.4, -0.2) is 66.9 Å². The Kier molecular flexibility index (Phi) is 7.07. The number of carbonyl (C=O) groups excluding carboxylic acids is 3. The summed E-state index contributed by atoms with van der Waals surface area (Å²) in [6, 6.07) is 12.1. The summed E-state index contributed by atoms with van der Waals surface area (Å²) < 4.78 is 0.853. The van der Waals surface area contributed by atoms with E-state index in [-0.39, 0.29) is 17.7 Å². The van der Waals surface area contributed by atoms with Crippen LogP contribution in [-0.2, 0) is 16.0 Å². The molecule has 7 N–H and O–H groups in total. The highest BCUT2D eigenvalue weighted by Crippen LogP contribution is 2.68. The first-order chi connectivity index (χ1) is 19.1. The number of hydrogen-bond donors (Lipinski definition) is 6. The number of fused-ring (bicyclic) bond motifs is 3. The molecule has 0 bridgehead atoms. The molecule has 3 aliphatic carbocycles. The van der Waals surface area contributed by atoms with E-state index in [1.54, 1.807) is 32.9 Å². The summed E-state index contributed by atoms with van der Waals surface area (Å²) in [6.45, 7) is 6.53. The van der Waals surface area contributed by atoms with Gasteiger partial charge < -0.3 is 31.3 Å². The standard InChI is InChI=1S/C31H36BrNO8/c1-13(2)21-24(36)20(27(33)39)25(37)31(41)26(38)22-23(35)19-16(6-5-7-18(19)34)17(12-14-8-10-15(32)11-9-14)29(22,3)28(40)30(21,31)4/h5-11,13,17,20-22,24,26,28,34,36,38,40-41H,12H2,1-4H3,(H2,33,39)/t17-,20-,21+,22-,24?,26?,28-,29+,30+,31+/m1/s1. The summed E-state index contributed by atoms with van der Waals surface area (Å²) in [6.07, 6.45) is -5.08. The fourth-order valence-electron chi connectivity index (χ4n) is 8.74. The summed E-state index contributed by atoms with van der Waals surface area (Å²) in [4.78, 5) is 40.5. The number of hydrogen-bond acceptors (Lipinski definition) is 8. The Bertz CT molecular complexity index is 1430. The zero-order valence-electron chi connectivity index (χ0n) is 23.3. The van der Waals surface area contributed by atoms with Crippen molar-refractivity contribution in [2.24, 2.45) is 40.2 Å². The molecule has 0 saturated heterocycles. The summed E-state index contributed by atoms with van der Waals surface area (Å²) >= 11 is 3.43. The molecular weight excluding hydrogens is 594 g/mol. The summed E-state index contributed by atoms with van der Waals surface area (Å²) in [7, 11) is 0. The number of benzene rings is 2. The number of ketones is 2. The van der Waals surface area contributed by atoms with Crippen molar-refractivity contribution in [3.05, 3.63) is 63.6 Å². The van der Waals surface area contributed by atoms with Crippen LogP contribution in [0.15, 0.2) is 46.9 Å². The average Bonchev–Trinajstić information content (AvgIpc) is 2.89. The Morgan fingerprint density at radius 3 is 2.22 bits per heavy atom. The summed E-state index contributed by atoms with van der Waals surface area (Å²) in [5.74, 6) is -9.09. The average molecular weight is 631 g/mol. The van der Waals surface area contributed by atoms with Crippen molar-refractivity contribution in [3.63, 3.8) is 0 Å². The van der Waals surface area contributed by atoms with Crippen LogP contribution >= 0.6 is 15.9 Å². The van der Waals surface area contributed by atoms with Crippen molar-refractivity contribution >= 4 is 33.4 Å². The SMILES string of the molecule is CC(C)[C@H]1C(O)[C@@H](C(N)=O)C(=O)[C@]2(O)C(O)[C@H]3C(=O)c4c(O)cccc4[C@@H](Cc4ccc(Br)cc4)[C@]3(C)[C@@H](O)[C@]12C. The molecule has 10 heteroatoms. The van der Waals surface area contributed by atoms with Gasteiger partial charge in [0.1, 0.15) is 17.8 Å². The van der Waals surface area contributed by atoms with E-state index < -0.39 is 81.8 Å². The van der Waals surface area contributed by atoms with Crippen LogP contribution in [0.2, 0.25) is 0 Å². The van der Waals surface area contributed by atoms with E-state index in [2.05, 4.69) is 15.9 Å². The maximum atomic E-state index is 14.2. The van der Waals surface area contributed by atoms with Crippen LogP contribution in [0.3, 0.4) is 0 Å². The van der Waals surface area contributed by atoms with Gasteiger partial charge in [0.05, 0.1) is 23.7 Å². The van der Waals surface area contributed by atoms with Crippen molar-refractivity contribution in [1.29, 1.82) is 0 Å². The molecule has 220 valence electrons. The van der Waals surface area contributed by atoms with E-state index in [0.717, 1.165) is 10.0 Å². The number of carbonyl (C=O) groups is 3. The maximum absolute atomic E-state index is 14.2. The first kappa shape index (κ1) is 29.8. The van der Waals surface area contributed by atoms with Crippen LogP contribution in [0.25, 0.3) is 0 Å². The minimum atomic E-state index is -2.82. The number of primary amides is 1. The highest BCUT2D eigenvalue weighted by Gasteiger charge is 2.80. The molecule has 41 heavy (non-hydrogen) atoms. The van der Waals surface area contributed by atoms with Crippen molar-refractivity contribution in [3.8, 4) is 5.75 Å². The van der Waals surface area contributed by atoms with E-state index in [0.29, 0.717) is 5.56 Å². The molecule has 0 heterocycles. The van der Waals surface area contributed by atoms with Gasteiger partial charge in [0.25, 0.3) is 0 Å². The maximum Gasteiger partial charge on any atom is 0.230 e. The van der Waals surface area contributed by atoms with Gasteiger partial charge >= 0.3 is 0 Å². The summed E-state index contributed by atoms with van der Waals surface area (Å²) in [5.41, 5.74) is 0.586. The molecule has 10 atom stereocenters. The molecule has 0 aliphatic heterocycles. The number of rotatable bonds is 4. The second kappa shape index (κ2) is 9.70. The number of aliphatic hydroxyl groups is 4. The monoisotopic (exact) mass is 629 g/mol. The number of nitrogens with two attached hydrogens (primary N) is 1. The molecule has 0 radical (unpaired) electrons. The van der Waals surface area contributed by atoms with E-state index in [1.807, 2.05) is 24.3 Å². The second-order valence-corrected chi connectivity index (χ2v) is 13.6. The second-order valence-electron chi connectivity index (χ2n) is 12.7. The van der Waals surface area contributed by atoms with Gasteiger partial charge in [-0.05, 0) is 53.5 Å². The van der Waals surface area contributed by atoms with Crippen molar-refractivity contribution in [2.75, 3.05) is 0 Å². The molecule has 2 aromatic carbocycles. The zero-order chi connectivity index (χ0) is 30.4. The molecule has 3 aliphatic rings. The third kappa shape index (κ3) is 3.70. The molecular formula is C31H36BrNO8. The van der Waals surface area contributed by atoms with Gasteiger partial charge in [0, 0.05) is 15.3 Å². The number of amides is 1. The largest absolute Gasteiger partial charge is 0.507 e. The number of phenols is 1.